The molecule has 0 aliphatic carbocycles. The first-order valence-electron chi connectivity index (χ1n) is 12.4. The fraction of sp³-hybridized carbons (Fsp3) is 0.172. The first kappa shape index (κ1) is 26.0. The lowest BCUT2D eigenvalue weighted by atomic mass is 9.83. The average molecular weight is 576 g/mol. The maximum absolute atomic E-state index is 13.8. The summed E-state index contributed by atoms with van der Waals surface area (Å²) in [7, 11) is 1.55. The van der Waals surface area contributed by atoms with E-state index in [1.807, 2.05) is 30.3 Å². The fourth-order valence-electron chi connectivity index (χ4n) is 5.14. The number of carbonyl (C=O) groups is 3. The first-order valence-corrected chi connectivity index (χ1v) is 14.1. The number of amides is 3. The van der Waals surface area contributed by atoms with E-state index in [0.717, 1.165) is 33.6 Å². The molecule has 2 unspecified atom stereocenters. The average Bonchev–Trinajstić information content (AvgIpc) is 3.40. The summed E-state index contributed by atoms with van der Waals surface area (Å²) in [5.74, 6) is -2.41. The molecule has 3 aromatic carbocycles. The zero-order chi connectivity index (χ0) is 28.0. The van der Waals surface area contributed by atoms with E-state index in [2.05, 4.69) is 5.32 Å². The number of methoxy groups -OCH3 is 1. The third-order valence-electron chi connectivity index (χ3n) is 6.97. The topological polar surface area (TPSA) is 97.7 Å². The van der Waals surface area contributed by atoms with E-state index in [4.69, 9.17) is 4.74 Å². The van der Waals surface area contributed by atoms with Crippen molar-refractivity contribution >= 4 is 52.2 Å². The number of thioether (sulfide) groups is 1. The highest BCUT2D eigenvalue weighted by molar-refractivity contribution is 8.00. The molecule has 202 valence electrons. The molecule has 1 saturated heterocycles. The number of aromatic nitrogens is 1. The summed E-state index contributed by atoms with van der Waals surface area (Å²) in [4.78, 5) is 55.0. The van der Waals surface area contributed by atoms with Gasteiger partial charge in [0, 0.05) is 16.5 Å². The van der Waals surface area contributed by atoms with Crippen molar-refractivity contribution in [3.8, 4) is 5.75 Å². The second kappa shape index (κ2) is 10.4. The number of nitrogens with zero attached hydrogens (tertiary/aromatic N) is 2. The number of fused-ring (bicyclic) bond motifs is 2. The highest BCUT2D eigenvalue weighted by atomic mass is 32.2. The summed E-state index contributed by atoms with van der Waals surface area (Å²) >= 11 is 2.11. The van der Waals surface area contributed by atoms with Crippen molar-refractivity contribution in [3.05, 3.63) is 105 Å². The lowest BCUT2D eigenvalue weighted by Gasteiger charge is -2.30. The molecule has 8 nitrogen and oxygen atoms in total. The van der Waals surface area contributed by atoms with Gasteiger partial charge in [0.2, 0.25) is 17.7 Å². The predicted molar refractivity (Wildman–Crippen MR) is 151 cm³/mol. The number of anilines is 2. The van der Waals surface area contributed by atoms with Crippen LogP contribution in [0.15, 0.2) is 88.7 Å². The van der Waals surface area contributed by atoms with Gasteiger partial charge < -0.3 is 10.1 Å². The van der Waals surface area contributed by atoms with Crippen LogP contribution < -0.4 is 19.8 Å². The van der Waals surface area contributed by atoms with E-state index in [1.165, 1.54) is 28.8 Å². The Morgan fingerprint density at radius 1 is 0.950 bits per heavy atom. The number of hydrogen-bond acceptors (Lipinski definition) is 7. The maximum Gasteiger partial charge on any atom is 0.308 e. The minimum absolute atomic E-state index is 0.258. The van der Waals surface area contributed by atoms with Crippen LogP contribution in [0.4, 0.5) is 15.8 Å². The lowest BCUT2D eigenvalue weighted by molar-refractivity contribution is -0.122. The molecule has 3 atom stereocenters. The van der Waals surface area contributed by atoms with Crippen molar-refractivity contribution in [2.24, 2.45) is 5.92 Å². The number of hydrogen-bond donors (Lipinski definition) is 1. The standard InChI is InChI=1S/C29H22FN3O5S2/c1-38-20-13-9-18(10-14-20)31-21(34)15-32-28-25(40-29(32)37)22(16-5-3-2-4-6-16)23-24(39-28)27(36)33(26(23)35)19-11-7-17(30)8-12-19/h2-14,22-24H,15H2,1H3,(H,31,34)/t22-,23?,24?/m1/s1. The first-order chi connectivity index (χ1) is 19.4. The van der Waals surface area contributed by atoms with Gasteiger partial charge in [-0.3, -0.25) is 23.7 Å². The van der Waals surface area contributed by atoms with Crippen LogP contribution in [0.5, 0.6) is 5.75 Å². The summed E-state index contributed by atoms with van der Waals surface area (Å²) in [6, 6.07) is 21.3. The van der Waals surface area contributed by atoms with Crippen LogP contribution in [0.25, 0.3) is 0 Å². The van der Waals surface area contributed by atoms with Crippen LogP contribution in [0.2, 0.25) is 0 Å². The van der Waals surface area contributed by atoms with E-state index in [0.29, 0.717) is 21.3 Å². The molecule has 0 spiro atoms. The molecule has 2 aliphatic rings. The number of ether oxygens (including phenoxy) is 1. The quantitative estimate of drug-likeness (QED) is 0.340. The van der Waals surface area contributed by atoms with Crippen molar-refractivity contribution in [1.82, 2.24) is 4.57 Å². The zero-order valence-electron chi connectivity index (χ0n) is 21.1. The predicted octanol–water partition coefficient (Wildman–Crippen LogP) is 4.49. The van der Waals surface area contributed by atoms with Crippen molar-refractivity contribution in [2.75, 3.05) is 17.3 Å². The molecule has 0 radical (unpaired) electrons. The van der Waals surface area contributed by atoms with Gasteiger partial charge in [-0.25, -0.2) is 9.29 Å². The third-order valence-corrected chi connectivity index (χ3v) is 9.57. The minimum atomic E-state index is -0.819. The second-order valence-corrected chi connectivity index (χ2v) is 11.5. The molecule has 1 N–H and O–H groups in total. The van der Waals surface area contributed by atoms with Gasteiger partial charge in [-0.15, -0.1) is 0 Å². The summed E-state index contributed by atoms with van der Waals surface area (Å²) < 4.78 is 20.1. The summed E-state index contributed by atoms with van der Waals surface area (Å²) in [5, 5.41) is 2.46. The van der Waals surface area contributed by atoms with E-state index >= 15 is 0 Å². The Labute approximate surface area is 236 Å². The van der Waals surface area contributed by atoms with E-state index in [-0.39, 0.29) is 17.1 Å². The van der Waals surface area contributed by atoms with Crippen molar-refractivity contribution in [2.45, 2.75) is 22.7 Å². The zero-order valence-corrected chi connectivity index (χ0v) is 22.7. The number of thiazole rings is 1. The van der Waals surface area contributed by atoms with Crippen LogP contribution in [0, 0.1) is 11.7 Å². The van der Waals surface area contributed by atoms with Crippen LogP contribution in [0.1, 0.15) is 16.4 Å². The molecule has 40 heavy (non-hydrogen) atoms. The van der Waals surface area contributed by atoms with Gasteiger partial charge >= 0.3 is 4.87 Å². The van der Waals surface area contributed by atoms with Gasteiger partial charge in [0.05, 0.1) is 23.7 Å². The fourth-order valence-corrected chi connectivity index (χ4v) is 7.91. The Balaban J connectivity index is 1.37. The summed E-state index contributed by atoms with van der Waals surface area (Å²) in [6.45, 7) is -0.258. The number of benzene rings is 3. The van der Waals surface area contributed by atoms with Crippen molar-refractivity contribution in [1.29, 1.82) is 0 Å². The number of nitrogens with one attached hydrogen (secondary N) is 1. The molecule has 0 bridgehead atoms. The number of rotatable bonds is 6. The van der Waals surface area contributed by atoms with Crippen LogP contribution in [-0.4, -0.2) is 34.6 Å². The molecule has 3 amide bonds. The Kier molecular flexibility index (Phi) is 6.77. The highest BCUT2D eigenvalue weighted by Gasteiger charge is 2.56. The molecule has 4 aromatic rings. The number of carbonyl (C=O) groups excluding carboxylic acids is 3. The van der Waals surface area contributed by atoms with Crippen LogP contribution >= 0.6 is 23.1 Å². The molecule has 2 aliphatic heterocycles. The van der Waals surface area contributed by atoms with Gasteiger partial charge in [-0.2, -0.15) is 0 Å². The van der Waals surface area contributed by atoms with Crippen molar-refractivity contribution in [3.63, 3.8) is 0 Å². The molecule has 3 heterocycles. The molecular weight excluding hydrogens is 553 g/mol. The maximum atomic E-state index is 13.8. The van der Waals surface area contributed by atoms with Crippen LogP contribution in [0.3, 0.4) is 0 Å². The molecule has 11 heteroatoms. The summed E-state index contributed by atoms with van der Waals surface area (Å²) in [6.07, 6.45) is 0. The van der Waals surface area contributed by atoms with Crippen LogP contribution in [-0.2, 0) is 20.9 Å². The Bertz CT molecular complexity index is 1670. The Morgan fingerprint density at radius 3 is 2.33 bits per heavy atom. The monoisotopic (exact) mass is 575 g/mol. The van der Waals surface area contributed by atoms with Gasteiger partial charge in [0.15, 0.2) is 0 Å². The largest absolute Gasteiger partial charge is 0.497 e. The van der Waals surface area contributed by atoms with Gasteiger partial charge in [-0.05, 0) is 54.1 Å². The lowest BCUT2D eigenvalue weighted by Crippen LogP contribution is -2.33. The minimum Gasteiger partial charge on any atom is -0.497 e. The SMILES string of the molecule is COc1ccc(NC(=O)Cn2c3c(sc2=O)[C@H](c2ccccc2)C2C(=O)N(c4ccc(F)cc4)C(=O)C2S3)cc1. The Morgan fingerprint density at radius 2 is 1.65 bits per heavy atom. The number of halogens is 1. The van der Waals surface area contributed by atoms with Gasteiger partial charge in [0.1, 0.15) is 23.4 Å². The molecule has 6 rings (SSSR count). The highest BCUT2D eigenvalue weighted by Crippen LogP contribution is 2.53. The van der Waals surface area contributed by atoms with Gasteiger partial charge in [-0.1, -0.05) is 53.4 Å². The Hall–Kier alpha value is -4.22. The molecule has 0 saturated carbocycles. The van der Waals surface area contributed by atoms with Crippen molar-refractivity contribution < 1.29 is 23.5 Å². The molecular formula is C29H22FN3O5S2. The van der Waals surface area contributed by atoms with E-state index in [1.54, 1.807) is 31.4 Å². The smallest absolute Gasteiger partial charge is 0.308 e. The van der Waals surface area contributed by atoms with E-state index in [9.17, 15) is 23.6 Å². The number of imide groups is 1. The summed E-state index contributed by atoms with van der Waals surface area (Å²) in [5.41, 5.74) is 1.62. The normalized spacial score (nSPS) is 19.8. The van der Waals surface area contributed by atoms with E-state index < -0.39 is 40.6 Å². The third kappa shape index (κ3) is 4.50. The second-order valence-electron chi connectivity index (χ2n) is 9.34. The molecule has 1 aromatic heterocycles. The van der Waals surface area contributed by atoms with Gasteiger partial charge in [0.25, 0.3) is 0 Å². The molecule has 1 fully saturated rings.